The van der Waals surface area contributed by atoms with Gasteiger partial charge in [-0.3, -0.25) is 0 Å². The van der Waals surface area contributed by atoms with Crippen LogP contribution in [0.15, 0.2) is 11.4 Å². The zero-order valence-corrected chi connectivity index (χ0v) is 7.02. The molecule has 12 heavy (non-hydrogen) atoms. The number of hydrogen-bond donors (Lipinski definition) is 1. The fourth-order valence-electron chi connectivity index (χ4n) is 1.18. The van der Waals surface area contributed by atoms with Crippen LogP contribution < -0.4 is 5.32 Å². The van der Waals surface area contributed by atoms with E-state index in [0.29, 0.717) is 18.4 Å². The van der Waals surface area contributed by atoms with E-state index in [1.54, 1.807) is 0 Å². The lowest BCUT2D eigenvalue weighted by atomic mass is 10.0. The third-order valence-electron chi connectivity index (χ3n) is 1.88. The minimum atomic E-state index is -0.855. The number of carbonyl (C=O) groups is 1. The number of esters is 1. The maximum atomic E-state index is 13.1. The maximum absolute atomic E-state index is 13.1. The zero-order chi connectivity index (χ0) is 8.97. The molecule has 0 spiro atoms. The standard InChI is InChI=1S/C8H12FNO2/c1-12-8(11)7(9)6-2-4-10-5-3-6/h10H,2-5H2,1H3. The highest BCUT2D eigenvalue weighted by Gasteiger charge is 2.17. The summed E-state index contributed by atoms with van der Waals surface area (Å²) in [6.07, 6.45) is 1.20. The lowest BCUT2D eigenvalue weighted by Crippen LogP contribution is -2.24. The van der Waals surface area contributed by atoms with Gasteiger partial charge in [0.25, 0.3) is 0 Å². The number of halogens is 1. The second kappa shape index (κ2) is 4.21. The van der Waals surface area contributed by atoms with Crippen LogP contribution in [0.3, 0.4) is 0 Å². The Morgan fingerprint density at radius 2 is 2.08 bits per heavy atom. The Labute approximate surface area is 70.6 Å². The molecule has 1 aliphatic heterocycles. The smallest absolute Gasteiger partial charge is 0.366 e. The van der Waals surface area contributed by atoms with Crippen LogP contribution in [-0.4, -0.2) is 26.2 Å². The number of methoxy groups -OCH3 is 1. The molecule has 1 fully saturated rings. The number of carbonyl (C=O) groups excluding carboxylic acids is 1. The van der Waals surface area contributed by atoms with Gasteiger partial charge < -0.3 is 10.1 Å². The van der Waals surface area contributed by atoms with Gasteiger partial charge in [-0.15, -0.1) is 0 Å². The van der Waals surface area contributed by atoms with Crippen LogP contribution in [0.4, 0.5) is 4.39 Å². The Hall–Kier alpha value is -0.900. The predicted octanol–water partition coefficient (Wildman–Crippen LogP) is 0.766. The van der Waals surface area contributed by atoms with E-state index in [1.165, 1.54) is 7.11 Å². The number of ether oxygens (including phenoxy) is 1. The second-order valence-electron chi connectivity index (χ2n) is 2.66. The van der Waals surface area contributed by atoms with E-state index in [1.807, 2.05) is 0 Å². The fraction of sp³-hybridized carbons (Fsp3) is 0.625. The lowest BCUT2D eigenvalue weighted by molar-refractivity contribution is -0.137. The van der Waals surface area contributed by atoms with Crippen molar-refractivity contribution in [2.45, 2.75) is 12.8 Å². The van der Waals surface area contributed by atoms with Gasteiger partial charge in [-0.25, -0.2) is 4.79 Å². The number of rotatable bonds is 1. The van der Waals surface area contributed by atoms with Crippen molar-refractivity contribution in [3.8, 4) is 0 Å². The minimum Gasteiger partial charge on any atom is -0.464 e. The maximum Gasteiger partial charge on any atom is 0.366 e. The van der Waals surface area contributed by atoms with Crippen molar-refractivity contribution in [2.24, 2.45) is 0 Å². The molecule has 0 bridgehead atoms. The van der Waals surface area contributed by atoms with Crippen LogP contribution in [0, 0.1) is 0 Å². The Balaban J connectivity index is 2.66. The van der Waals surface area contributed by atoms with E-state index in [2.05, 4.69) is 10.1 Å². The van der Waals surface area contributed by atoms with Crippen molar-refractivity contribution in [3.63, 3.8) is 0 Å². The number of hydrogen-bond acceptors (Lipinski definition) is 3. The van der Waals surface area contributed by atoms with Crippen LogP contribution in [0.25, 0.3) is 0 Å². The van der Waals surface area contributed by atoms with Gasteiger partial charge in [-0.1, -0.05) is 0 Å². The van der Waals surface area contributed by atoms with Crippen LogP contribution in [0.2, 0.25) is 0 Å². The van der Waals surface area contributed by atoms with Crippen molar-refractivity contribution >= 4 is 5.97 Å². The van der Waals surface area contributed by atoms with Crippen molar-refractivity contribution in [2.75, 3.05) is 20.2 Å². The average Bonchev–Trinajstić information content (AvgIpc) is 2.17. The first-order valence-corrected chi connectivity index (χ1v) is 3.92. The van der Waals surface area contributed by atoms with Gasteiger partial charge in [-0.05, 0) is 31.5 Å². The van der Waals surface area contributed by atoms with Gasteiger partial charge in [-0.2, -0.15) is 4.39 Å². The quantitative estimate of drug-likeness (QED) is 0.470. The second-order valence-corrected chi connectivity index (χ2v) is 2.66. The minimum absolute atomic E-state index is 0.570. The summed E-state index contributed by atoms with van der Waals surface area (Å²) in [5, 5.41) is 3.07. The van der Waals surface area contributed by atoms with Gasteiger partial charge in [0, 0.05) is 0 Å². The molecule has 0 aromatic heterocycles. The molecule has 1 aliphatic rings. The summed E-state index contributed by atoms with van der Waals surface area (Å²) in [7, 11) is 1.18. The normalized spacial score (nSPS) is 17.3. The van der Waals surface area contributed by atoms with Crippen LogP contribution in [0.5, 0.6) is 0 Å². The third-order valence-corrected chi connectivity index (χ3v) is 1.88. The molecule has 0 saturated carbocycles. The molecular weight excluding hydrogens is 161 g/mol. The van der Waals surface area contributed by atoms with Gasteiger partial charge in [0.05, 0.1) is 7.11 Å². The predicted molar refractivity (Wildman–Crippen MR) is 42.3 cm³/mol. The molecule has 0 aromatic rings. The number of piperidine rings is 1. The van der Waals surface area contributed by atoms with Crippen molar-refractivity contribution in [3.05, 3.63) is 11.4 Å². The molecule has 1 saturated heterocycles. The largest absolute Gasteiger partial charge is 0.464 e. The Morgan fingerprint density at radius 1 is 1.50 bits per heavy atom. The zero-order valence-electron chi connectivity index (χ0n) is 7.02. The van der Waals surface area contributed by atoms with Gasteiger partial charge in [0.15, 0.2) is 0 Å². The highest BCUT2D eigenvalue weighted by Crippen LogP contribution is 2.17. The lowest BCUT2D eigenvalue weighted by Gasteiger charge is -2.15. The summed E-state index contributed by atoms with van der Waals surface area (Å²) in [6.45, 7) is 1.47. The molecule has 0 atom stereocenters. The molecule has 0 radical (unpaired) electrons. The first-order valence-electron chi connectivity index (χ1n) is 3.92. The van der Waals surface area contributed by atoms with Crippen molar-refractivity contribution < 1.29 is 13.9 Å². The van der Waals surface area contributed by atoms with Crippen molar-refractivity contribution in [1.29, 1.82) is 0 Å². The van der Waals surface area contributed by atoms with Crippen LogP contribution in [0.1, 0.15) is 12.8 Å². The molecule has 0 unspecified atom stereocenters. The van der Waals surface area contributed by atoms with E-state index < -0.39 is 11.8 Å². The van der Waals surface area contributed by atoms with E-state index in [9.17, 15) is 9.18 Å². The first-order chi connectivity index (χ1) is 5.75. The van der Waals surface area contributed by atoms with Crippen LogP contribution >= 0.6 is 0 Å². The molecule has 1 rings (SSSR count). The molecule has 4 heteroatoms. The number of nitrogens with one attached hydrogen (secondary N) is 1. The summed E-state index contributed by atoms with van der Waals surface area (Å²) < 4.78 is 17.3. The van der Waals surface area contributed by atoms with E-state index >= 15 is 0 Å². The molecule has 1 heterocycles. The molecule has 0 amide bonds. The van der Waals surface area contributed by atoms with Crippen molar-refractivity contribution in [1.82, 2.24) is 5.32 Å². The topological polar surface area (TPSA) is 38.3 Å². The molecule has 0 aliphatic carbocycles. The molecular formula is C8H12FNO2. The third kappa shape index (κ3) is 2.04. The van der Waals surface area contributed by atoms with Gasteiger partial charge >= 0.3 is 5.97 Å². The molecule has 1 N–H and O–H groups in total. The average molecular weight is 173 g/mol. The fourth-order valence-corrected chi connectivity index (χ4v) is 1.18. The Kier molecular flexibility index (Phi) is 3.22. The summed E-state index contributed by atoms with van der Waals surface area (Å²) in [6, 6.07) is 0. The summed E-state index contributed by atoms with van der Waals surface area (Å²) in [5.74, 6) is -1.56. The Morgan fingerprint density at radius 3 is 2.58 bits per heavy atom. The monoisotopic (exact) mass is 173 g/mol. The highest BCUT2D eigenvalue weighted by atomic mass is 19.1. The summed E-state index contributed by atoms with van der Waals surface area (Å²) in [4.78, 5) is 10.7. The Bertz CT molecular complexity index is 205. The van der Waals surface area contributed by atoms with E-state index in [4.69, 9.17) is 0 Å². The van der Waals surface area contributed by atoms with Crippen LogP contribution in [-0.2, 0) is 9.53 Å². The summed E-state index contributed by atoms with van der Waals surface area (Å²) in [5.41, 5.74) is 0.570. The molecule has 0 aromatic carbocycles. The van der Waals surface area contributed by atoms with Gasteiger partial charge in [0.1, 0.15) is 0 Å². The molecule has 3 nitrogen and oxygen atoms in total. The van der Waals surface area contributed by atoms with E-state index in [-0.39, 0.29) is 0 Å². The first kappa shape index (κ1) is 9.19. The highest BCUT2D eigenvalue weighted by molar-refractivity contribution is 5.86. The van der Waals surface area contributed by atoms with Gasteiger partial charge in [0.2, 0.25) is 5.83 Å². The molecule has 68 valence electrons. The summed E-state index contributed by atoms with van der Waals surface area (Å²) >= 11 is 0. The van der Waals surface area contributed by atoms with E-state index in [0.717, 1.165) is 13.1 Å². The SMILES string of the molecule is COC(=O)C(F)=C1CCNCC1.